The molecule has 0 spiro atoms. The van der Waals surface area contributed by atoms with E-state index in [4.69, 9.17) is 4.84 Å². The Balaban J connectivity index is 1.57. The lowest BCUT2D eigenvalue weighted by Gasteiger charge is -2.36. The molecule has 2 nitrogen and oxygen atoms in total. The van der Waals surface area contributed by atoms with E-state index >= 15 is 0 Å². The zero-order valence-electron chi connectivity index (χ0n) is 12.5. The second-order valence-corrected chi connectivity index (χ2v) is 6.36. The second kappa shape index (κ2) is 7.24. The Morgan fingerprint density at radius 1 is 0.900 bits per heavy atom. The lowest BCUT2D eigenvalue weighted by atomic mass is 9.90. The van der Waals surface area contributed by atoms with Gasteiger partial charge in [-0.3, -0.25) is 4.84 Å². The van der Waals surface area contributed by atoms with Gasteiger partial charge in [0.15, 0.2) is 0 Å². The van der Waals surface area contributed by atoms with Gasteiger partial charge in [-0.1, -0.05) is 56.0 Å². The number of nitrogens with zero attached hydrogens (tertiary/aromatic N) is 1. The summed E-state index contributed by atoms with van der Waals surface area (Å²) in [7, 11) is 0. The van der Waals surface area contributed by atoms with Crippen LogP contribution in [0.15, 0.2) is 30.3 Å². The van der Waals surface area contributed by atoms with Crippen LogP contribution in [-0.4, -0.2) is 18.2 Å². The third-order valence-electron chi connectivity index (χ3n) is 4.84. The molecule has 3 rings (SSSR count). The first-order valence-corrected chi connectivity index (χ1v) is 8.38. The Morgan fingerprint density at radius 3 is 2.45 bits per heavy atom. The van der Waals surface area contributed by atoms with Crippen LogP contribution in [-0.2, 0) is 4.84 Å². The first-order valence-electron chi connectivity index (χ1n) is 8.38. The molecule has 1 aliphatic carbocycles. The second-order valence-electron chi connectivity index (χ2n) is 6.36. The Labute approximate surface area is 123 Å². The highest BCUT2D eigenvalue weighted by molar-refractivity contribution is 5.19. The summed E-state index contributed by atoms with van der Waals surface area (Å²) in [6.07, 6.45) is 10.8. The van der Waals surface area contributed by atoms with Crippen molar-refractivity contribution < 1.29 is 4.84 Å². The SMILES string of the molecule is c1ccc(C2CCCCN2OCC2CCCCC2)cc1. The Morgan fingerprint density at radius 2 is 1.65 bits per heavy atom. The number of hydrogen-bond acceptors (Lipinski definition) is 2. The van der Waals surface area contributed by atoms with Gasteiger partial charge in [-0.05, 0) is 37.2 Å². The van der Waals surface area contributed by atoms with Crippen LogP contribution in [0.1, 0.15) is 63.0 Å². The fraction of sp³-hybridized carbons (Fsp3) is 0.667. The van der Waals surface area contributed by atoms with E-state index in [0.717, 1.165) is 19.1 Å². The van der Waals surface area contributed by atoms with Crippen molar-refractivity contribution in [1.82, 2.24) is 5.06 Å². The van der Waals surface area contributed by atoms with Crippen molar-refractivity contribution >= 4 is 0 Å². The minimum atomic E-state index is 0.466. The van der Waals surface area contributed by atoms with Crippen molar-refractivity contribution in [2.45, 2.75) is 57.4 Å². The monoisotopic (exact) mass is 273 g/mol. The highest BCUT2D eigenvalue weighted by Crippen LogP contribution is 2.32. The van der Waals surface area contributed by atoms with Crippen molar-refractivity contribution in [3.63, 3.8) is 0 Å². The van der Waals surface area contributed by atoms with E-state index in [9.17, 15) is 0 Å². The molecule has 1 aliphatic heterocycles. The van der Waals surface area contributed by atoms with E-state index in [1.807, 2.05) is 0 Å². The molecule has 20 heavy (non-hydrogen) atoms. The largest absolute Gasteiger partial charge is 0.298 e. The maximum atomic E-state index is 6.22. The normalized spacial score (nSPS) is 25.7. The summed E-state index contributed by atoms with van der Waals surface area (Å²) >= 11 is 0. The molecule has 2 heteroatoms. The van der Waals surface area contributed by atoms with Crippen LogP contribution in [0.4, 0.5) is 0 Å². The Hall–Kier alpha value is -0.860. The quantitative estimate of drug-likeness (QED) is 0.786. The van der Waals surface area contributed by atoms with Gasteiger partial charge in [0.1, 0.15) is 0 Å². The third-order valence-corrected chi connectivity index (χ3v) is 4.84. The first-order chi connectivity index (χ1) is 9.93. The number of rotatable bonds is 4. The molecule has 2 aliphatic rings. The summed E-state index contributed by atoms with van der Waals surface area (Å²) in [5, 5.41) is 2.27. The molecule has 1 aromatic carbocycles. The zero-order chi connectivity index (χ0) is 13.6. The molecular weight excluding hydrogens is 246 g/mol. The van der Waals surface area contributed by atoms with Crippen LogP contribution in [0.2, 0.25) is 0 Å². The predicted molar refractivity (Wildman–Crippen MR) is 82.3 cm³/mol. The standard InChI is InChI=1S/C18H27NO/c1-3-9-16(10-4-1)15-20-19-14-8-7-13-18(19)17-11-5-2-6-12-17/h2,5-6,11-12,16,18H,1,3-4,7-10,13-15H2. The molecule has 1 atom stereocenters. The molecule has 0 N–H and O–H groups in total. The lowest BCUT2D eigenvalue weighted by Crippen LogP contribution is -2.35. The van der Waals surface area contributed by atoms with Gasteiger partial charge in [-0.2, -0.15) is 5.06 Å². The lowest BCUT2D eigenvalue weighted by molar-refractivity contribution is -0.210. The smallest absolute Gasteiger partial charge is 0.0713 e. The van der Waals surface area contributed by atoms with Crippen molar-refractivity contribution in [2.24, 2.45) is 5.92 Å². The highest BCUT2D eigenvalue weighted by atomic mass is 16.7. The van der Waals surface area contributed by atoms with E-state index in [-0.39, 0.29) is 0 Å². The van der Waals surface area contributed by atoms with Gasteiger partial charge in [0.05, 0.1) is 12.6 Å². The maximum absolute atomic E-state index is 6.22. The minimum absolute atomic E-state index is 0.466. The zero-order valence-corrected chi connectivity index (χ0v) is 12.5. The van der Waals surface area contributed by atoms with Gasteiger partial charge in [0.2, 0.25) is 0 Å². The Kier molecular flexibility index (Phi) is 5.10. The maximum Gasteiger partial charge on any atom is 0.0713 e. The van der Waals surface area contributed by atoms with E-state index in [1.54, 1.807) is 0 Å². The van der Waals surface area contributed by atoms with Crippen LogP contribution in [0.3, 0.4) is 0 Å². The van der Waals surface area contributed by atoms with E-state index in [2.05, 4.69) is 35.4 Å². The Bertz CT molecular complexity index is 386. The topological polar surface area (TPSA) is 12.5 Å². The van der Waals surface area contributed by atoms with Crippen molar-refractivity contribution in [2.75, 3.05) is 13.2 Å². The van der Waals surface area contributed by atoms with E-state index < -0.39 is 0 Å². The van der Waals surface area contributed by atoms with Gasteiger partial charge < -0.3 is 0 Å². The molecule has 1 saturated carbocycles. The molecule has 1 unspecified atom stereocenters. The number of hydrogen-bond donors (Lipinski definition) is 0. The molecule has 0 radical (unpaired) electrons. The minimum Gasteiger partial charge on any atom is -0.298 e. The van der Waals surface area contributed by atoms with Crippen LogP contribution < -0.4 is 0 Å². The summed E-state index contributed by atoms with van der Waals surface area (Å²) in [5.74, 6) is 0.794. The van der Waals surface area contributed by atoms with E-state index in [0.29, 0.717) is 6.04 Å². The fourth-order valence-electron chi connectivity index (χ4n) is 3.62. The van der Waals surface area contributed by atoms with Gasteiger partial charge in [0, 0.05) is 6.54 Å². The molecule has 1 aromatic rings. The molecule has 1 heterocycles. The molecule has 0 bridgehead atoms. The first kappa shape index (κ1) is 14.1. The summed E-state index contributed by atoms with van der Waals surface area (Å²) in [6, 6.07) is 11.3. The average molecular weight is 273 g/mol. The van der Waals surface area contributed by atoms with Crippen molar-refractivity contribution in [3.8, 4) is 0 Å². The summed E-state index contributed by atoms with van der Waals surface area (Å²) < 4.78 is 0. The fourth-order valence-corrected chi connectivity index (χ4v) is 3.62. The highest BCUT2D eigenvalue weighted by Gasteiger charge is 2.25. The van der Waals surface area contributed by atoms with Crippen LogP contribution in [0.5, 0.6) is 0 Å². The van der Waals surface area contributed by atoms with Gasteiger partial charge in [0.25, 0.3) is 0 Å². The average Bonchev–Trinajstić information content (AvgIpc) is 2.55. The third kappa shape index (κ3) is 3.62. The van der Waals surface area contributed by atoms with Gasteiger partial charge in [-0.25, -0.2) is 0 Å². The number of hydroxylamine groups is 2. The van der Waals surface area contributed by atoms with Crippen molar-refractivity contribution in [3.05, 3.63) is 35.9 Å². The molecule has 0 amide bonds. The molecule has 2 fully saturated rings. The van der Waals surface area contributed by atoms with Crippen LogP contribution in [0, 0.1) is 5.92 Å². The van der Waals surface area contributed by atoms with Gasteiger partial charge >= 0.3 is 0 Å². The summed E-state index contributed by atoms with van der Waals surface area (Å²) in [5.41, 5.74) is 1.41. The number of benzene rings is 1. The molecule has 0 aromatic heterocycles. The van der Waals surface area contributed by atoms with E-state index in [1.165, 1.54) is 56.9 Å². The number of piperidine rings is 1. The summed E-state index contributed by atoms with van der Waals surface area (Å²) in [6.45, 7) is 2.02. The van der Waals surface area contributed by atoms with Crippen molar-refractivity contribution in [1.29, 1.82) is 0 Å². The van der Waals surface area contributed by atoms with Gasteiger partial charge in [-0.15, -0.1) is 0 Å². The van der Waals surface area contributed by atoms with Crippen LogP contribution >= 0.6 is 0 Å². The van der Waals surface area contributed by atoms with Crippen LogP contribution in [0.25, 0.3) is 0 Å². The predicted octanol–water partition coefficient (Wildman–Crippen LogP) is 4.73. The molecule has 110 valence electrons. The molecular formula is C18H27NO. The summed E-state index contributed by atoms with van der Waals surface area (Å²) in [4.78, 5) is 6.22. The molecule has 1 saturated heterocycles.